The van der Waals surface area contributed by atoms with Gasteiger partial charge in [-0.15, -0.1) is 0 Å². The van der Waals surface area contributed by atoms with Crippen LogP contribution in [0.15, 0.2) is 36.4 Å². The number of phenols is 1. The monoisotopic (exact) mass is 490 g/mol. The number of hydrogen-bond donors (Lipinski definition) is 5. The first-order valence-electron chi connectivity index (χ1n) is 11.5. The maximum Gasteiger partial charge on any atom is 0.202 e. The van der Waals surface area contributed by atoms with Gasteiger partial charge in [0.1, 0.15) is 0 Å². The number of aromatic hydroxyl groups is 1. The molecule has 9 nitrogen and oxygen atoms in total. The van der Waals surface area contributed by atoms with Crippen molar-refractivity contribution < 1.29 is 44.5 Å². The molecule has 1 aliphatic heterocycles. The lowest BCUT2D eigenvalue weighted by atomic mass is 9.90. The van der Waals surface area contributed by atoms with E-state index in [0.717, 1.165) is 11.1 Å². The van der Waals surface area contributed by atoms with Crippen molar-refractivity contribution >= 4 is 6.08 Å². The van der Waals surface area contributed by atoms with E-state index in [1.54, 1.807) is 30.4 Å². The number of phenolic OH excluding ortho intramolecular Hbond substituents is 1. The number of rotatable bonds is 11. The number of aliphatic hydroxyl groups excluding tert-OH is 4. The molecule has 0 amide bonds. The molecule has 2 aromatic rings. The number of ether oxygens (including phenoxy) is 4. The number of methoxy groups -OCH3 is 2. The lowest BCUT2D eigenvalue weighted by molar-refractivity contribution is -0.185. The normalized spacial score (nSPS) is 21.1. The summed E-state index contributed by atoms with van der Waals surface area (Å²) in [5.74, 6) is 0.663. The highest BCUT2D eigenvalue weighted by atomic mass is 16.7. The van der Waals surface area contributed by atoms with E-state index in [4.69, 9.17) is 18.9 Å². The molecule has 0 radical (unpaired) electrons. The Morgan fingerprint density at radius 1 is 1.06 bits per heavy atom. The second-order valence-corrected chi connectivity index (χ2v) is 8.43. The fourth-order valence-electron chi connectivity index (χ4n) is 4.19. The van der Waals surface area contributed by atoms with Crippen LogP contribution in [0.5, 0.6) is 23.0 Å². The van der Waals surface area contributed by atoms with Gasteiger partial charge < -0.3 is 44.5 Å². The zero-order chi connectivity index (χ0) is 25.4. The van der Waals surface area contributed by atoms with E-state index >= 15 is 0 Å². The van der Waals surface area contributed by atoms with Crippen LogP contribution in [-0.4, -0.2) is 78.1 Å². The third-order valence-electron chi connectivity index (χ3n) is 5.92. The molecule has 0 bridgehead atoms. The molecule has 9 heteroatoms. The van der Waals surface area contributed by atoms with Gasteiger partial charge in [-0.1, -0.05) is 18.2 Å². The van der Waals surface area contributed by atoms with Crippen LogP contribution in [0.4, 0.5) is 0 Å². The fourth-order valence-corrected chi connectivity index (χ4v) is 4.19. The summed E-state index contributed by atoms with van der Waals surface area (Å²) in [5, 5.41) is 49.2. The summed E-state index contributed by atoms with van der Waals surface area (Å²) in [6, 6.07) is 8.57. The predicted octanol–water partition coefficient (Wildman–Crippen LogP) is 1.97. The van der Waals surface area contributed by atoms with Gasteiger partial charge in [0.25, 0.3) is 0 Å². The Bertz CT molecular complexity index is 991. The van der Waals surface area contributed by atoms with E-state index < -0.39 is 24.4 Å². The van der Waals surface area contributed by atoms with Gasteiger partial charge in [-0.3, -0.25) is 0 Å². The van der Waals surface area contributed by atoms with E-state index in [1.165, 1.54) is 20.3 Å². The molecule has 0 unspecified atom stereocenters. The van der Waals surface area contributed by atoms with E-state index in [9.17, 15) is 25.5 Å². The van der Waals surface area contributed by atoms with Crippen molar-refractivity contribution in [2.75, 3.05) is 34.0 Å². The molecule has 4 atom stereocenters. The van der Waals surface area contributed by atoms with Crippen LogP contribution in [0.25, 0.3) is 6.08 Å². The van der Waals surface area contributed by atoms with Gasteiger partial charge in [-0.05, 0) is 41.8 Å². The topological polar surface area (TPSA) is 138 Å². The van der Waals surface area contributed by atoms with Gasteiger partial charge in [0.2, 0.25) is 6.29 Å². The summed E-state index contributed by atoms with van der Waals surface area (Å²) in [5.41, 5.74) is 2.20. The van der Waals surface area contributed by atoms with Crippen LogP contribution in [0.1, 0.15) is 35.4 Å². The Kier molecular flexibility index (Phi) is 9.76. The lowest BCUT2D eigenvalue weighted by Gasteiger charge is -2.33. The lowest BCUT2D eigenvalue weighted by Crippen LogP contribution is -2.40. The molecule has 1 aliphatic rings. The second-order valence-electron chi connectivity index (χ2n) is 8.43. The van der Waals surface area contributed by atoms with Crippen molar-refractivity contribution in [2.24, 2.45) is 0 Å². The Hall–Kier alpha value is -2.82. The molecule has 2 aromatic carbocycles. The van der Waals surface area contributed by atoms with Gasteiger partial charge in [-0.25, -0.2) is 0 Å². The molecule has 1 fully saturated rings. The van der Waals surface area contributed by atoms with Crippen LogP contribution in [0.2, 0.25) is 0 Å². The second kappa shape index (κ2) is 12.8. The van der Waals surface area contributed by atoms with Crippen molar-refractivity contribution in [1.29, 1.82) is 0 Å². The molecule has 0 spiro atoms. The average molecular weight is 491 g/mol. The molecule has 0 aromatic heterocycles. The van der Waals surface area contributed by atoms with Crippen LogP contribution < -0.4 is 14.2 Å². The van der Waals surface area contributed by atoms with Gasteiger partial charge in [-0.2, -0.15) is 0 Å². The molecule has 3 rings (SSSR count). The van der Waals surface area contributed by atoms with Crippen molar-refractivity contribution in [2.45, 2.75) is 43.7 Å². The van der Waals surface area contributed by atoms with Gasteiger partial charge >= 0.3 is 0 Å². The van der Waals surface area contributed by atoms with E-state index in [-0.39, 0.29) is 32.0 Å². The van der Waals surface area contributed by atoms with Crippen molar-refractivity contribution in [3.63, 3.8) is 0 Å². The van der Waals surface area contributed by atoms with Crippen LogP contribution in [-0.2, 0) is 11.2 Å². The summed E-state index contributed by atoms with van der Waals surface area (Å²) in [6.07, 6.45) is 2.18. The molecule has 192 valence electrons. The van der Waals surface area contributed by atoms with Crippen molar-refractivity contribution in [1.82, 2.24) is 0 Å². The summed E-state index contributed by atoms with van der Waals surface area (Å²) >= 11 is 0. The smallest absolute Gasteiger partial charge is 0.202 e. The average Bonchev–Trinajstić information content (AvgIpc) is 2.86. The van der Waals surface area contributed by atoms with Crippen LogP contribution in [0, 0.1) is 0 Å². The summed E-state index contributed by atoms with van der Waals surface area (Å²) in [7, 11) is 2.96. The number of benzene rings is 2. The van der Waals surface area contributed by atoms with E-state index in [0.29, 0.717) is 35.7 Å². The molecule has 1 saturated heterocycles. The first-order valence-corrected chi connectivity index (χ1v) is 11.5. The van der Waals surface area contributed by atoms with E-state index in [1.807, 2.05) is 6.07 Å². The Morgan fingerprint density at radius 2 is 1.83 bits per heavy atom. The van der Waals surface area contributed by atoms with Crippen molar-refractivity contribution in [3.05, 3.63) is 53.1 Å². The summed E-state index contributed by atoms with van der Waals surface area (Å²) in [4.78, 5) is 0. The molecular weight excluding hydrogens is 456 g/mol. The highest BCUT2D eigenvalue weighted by Crippen LogP contribution is 2.41. The zero-order valence-electron chi connectivity index (χ0n) is 20.0. The zero-order valence-corrected chi connectivity index (χ0v) is 20.0. The standard InChI is InChI=1S/C26H34O9/c1-32-23-10-17(5-6-22(23)31)8-18(14-28)21-9-16(4-3-7-27)11-24(33-2)26(21)35-25-13-19(30)12-20(15-29)34-25/h3-6,9-11,18-20,25,27-31H,7-8,12-15H2,1-2H3/b4-3+/t18-,19-,20-,25-/m0/s1. The van der Waals surface area contributed by atoms with Gasteiger partial charge in [0, 0.05) is 24.3 Å². The predicted molar refractivity (Wildman–Crippen MR) is 129 cm³/mol. The van der Waals surface area contributed by atoms with Crippen LogP contribution in [0.3, 0.4) is 0 Å². The first kappa shape index (κ1) is 26.8. The molecule has 35 heavy (non-hydrogen) atoms. The largest absolute Gasteiger partial charge is 0.504 e. The minimum absolute atomic E-state index is 0.0186. The Morgan fingerprint density at radius 3 is 2.49 bits per heavy atom. The van der Waals surface area contributed by atoms with E-state index in [2.05, 4.69) is 0 Å². The fraction of sp³-hybridized carbons (Fsp3) is 0.462. The number of hydrogen-bond acceptors (Lipinski definition) is 9. The number of aliphatic hydroxyl groups is 4. The molecule has 0 saturated carbocycles. The molecular formula is C26H34O9. The molecule has 1 heterocycles. The SMILES string of the molecule is COc1cc(C[C@@H](CO)c2cc(/C=C/CO)cc(OC)c2O[C@H]2C[C@@H](O)C[C@@H](CO)O2)ccc1O. The summed E-state index contributed by atoms with van der Waals surface area (Å²) in [6.45, 7) is -0.597. The van der Waals surface area contributed by atoms with Crippen LogP contribution >= 0.6 is 0 Å². The molecule has 5 N–H and O–H groups in total. The molecule has 0 aliphatic carbocycles. The summed E-state index contributed by atoms with van der Waals surface area (Å²) < 4.78 is 22.8. The quantitative estimate of drug-likeness (QED) is 0.320. The highest BCUT2D eigenvalue weighted by molar-refractivity contribution is 5.60. The Labute approximate surface area is 204 Å². The minimum atomic E-state index is -0.824. The highest BCUT2D eigenvalue weighted by Gasteiger charge is 2.31. The minimum Gasteiger partial charge on any atom is -0.504 e. The van der Waals surface area contributed by atoms with Gasteiger partial charge in [0.05, 0.1) is 46.2 Å². The maximum absolute atomic E-state index is 10.4. The third-order valence-corrected chi connectivity index (χ3v) is 5.92. The third kappa shape index (κ3) is 6.87. The maximum atomic E-state index is 10.4. The Balaban J connectivity index is 2.02. The van der Waals surface area contributed by atoms with Crippen molar-refractivity contribution in [3.8, 4) is 23.0 Å². The van der Waals surface area contributed by atoms with Gasteiger partial charge in [0.15, 0.2) is 23.0 Å². The first-order chi connectivity index (χ1) is 16.9.